The van der Waals surface area contributed by atoms with Gasteiger partial charge in [0.15, 0.2) is 0 Å². The zero-order valence-electron chi connectivity index (χ0n) is 14.2. The summed E-state index contributed by atoms with van der Waals surface area (Å²) in [6, 6.07) is 15.0. The minimum Gasteiger partial charge on any atom is -0.341 e. The van der Waals surface area contributed by atoms with Crippen molar-refractivity contribution in [3.05, 3.63) is 105 Å². The minimum absolute atomic E-state index is 0.00448. The zero-order chi connectivity index (χ0) is 20.3. The first kappa shape index (κ1) is 19.8. The third kappa shape index (κ3) is 4.30. The predicted octanol–water partition coefficient (Wildman–Crippen LogP) is 5.66. The summed E-state index contributed by atoms with van der Waals surface area (Å²) in [4.78, 5) is 12.7. The fourth-order valence-corrected chi connectivity index (χ4v) is 2.98. The van der Waals surface area contributed by atoms with Crippen LogP contribution >= 0.6 is 23.2 Å². The minimum atomic E-state index is -0.860. The molecular weight excluding hydrogens is 405 g/mol. The molecule has 0 fully saturated rings. The molecule has 0 aliphatic carbocycles. The topological polar surface area (TPSA) is 52.9 Å². The SMILES string of the molecule is N#Cc1ccc(C(=O)N[C@@H](c2ccc(Cl)cc2)c2ccc(Cl)cc2F)cc1F. The van der Waals surface area contributed by atoms with E-state index in [0.717, 1.165) is 12.1 Å². The molecule has 0 saturated carbocycles. The average Bonchev–Trinajstić information content (AvgIpc) is 2.67. The monoisotopic (exact) mass is 416 g/mol. The molecule has 0 saturated heterocycles. The first-order valence-electron chi connectivity index (χ1n) is 8.10. The highest BCUT2D eigenvalue weighted by atomic mass is 35.5. The average molecular weight is 417 g/mol. The van der Waals surface area contributed by atoms with E-state index < -0.39 is 23.6 Å². The number of nitrogens with one attached hydrogen (secondary N) is 1. The summed E-state index contributed by atoms with van der Waals surface area (Å²) < 4.78 is 28.4. The van der Waals surface area contributed by atoms with Crippen LogP contribution in [0.25, 0.3) is 0 Å². The van der Waals surface area contributed by atoms with Crippen LogP contribution in [0.2, 0.25) is 10.0 Å². The van der Waals surface area contributed by atoms with Crippen LogP contribution in [0, 0.1) is 23.0 Å². The van der Waals surface area contributed by atoms with Gasteiger partial charge in [0.05, 0.1) is 11.6 Å². The molecule has 3 aromatic carbocycles. The number of rotatable bonds is 4. The number of carbonyl (C=O) groups is 1. The summed E-state index contributed by atoms with van der Waals surface area (Å²) in [5.74, 6) is -2.03. The maximum Gasteiger partial charge on any atom is 0.252 e. The standard InChI is InChI=1S/C21H12Cl2F2N2O/c22-15-5-3-12(4-6-15)20(17-8-7-16(23)10-19(17)25)27-21(28)13-1-2-14(11-26)18(24)9-13/h1-10,20H,(H,27,28)/t20-/m0/s1. The van der Waals surface area contributed by atoms with Crippen molar-refractivity contribution in [3.63, 3.8) is 0 Å². The Morgan fingerprint density at radius 2 is 1.61 bits per heavy atom. The second kappa shape index (κ2) is 8.39. The number of amides is 1. The molecule has 0 spiro atoms. The molecule has 0 radical (unpaired) electrons. The van der Waals surface area contributed by atoms with Crippen LogP contribution < -0.4 is 5.32 Å². The van der Waals surface area contributed by atoms with Crippen molar-refractivity contribution in [2.45, 2.75) is 6.04 Å². The van der Waals surface area contributed by atoms with E-state index in [2.05, 4.69) is 5.32 Å². The highest BCUT2D eigenvalue weighted by molar-refractivity contribution is 6.30. The largest absolute Gasteiger partial charge is 0.341 e. The van der Waals surface area contributed by atoms with Gasteiger partial charge in [-0.25, -0.2) is 8.78 Å². The smallest absolute Gasteiger partial charge is 0.252 e. The molecule has 0 bridgehead atoms. The van der Waals surface area contributed by atoms with Gasteiger partial charge >= 0.3 is 0 Å². The van der Waals surface area contributed by atoms with Crippen LogP contribution in [0.3, 0.4) is 0 Å². The van der Waals surface area contributed by atoms with Gasteiger partial charge in [-0.3, -0.25) is 4.79 Å². The second-order valence-electron chi connectivity index (χ2n) is 5.93. The van der Waals surface area contributed by atoms with E-state index in [1.54, 1.807) is 30.3 Å². The van der Waals surface area contributed by atoms with Crippen molar-refractivity contribution in [1.29, 1.82) is 5.26 Å². The van der Waals surface area contributed by atoms with Crippen LogP contribution in [0.5, 0.6) is 0 Å². The molecule has 0 aliphatic rings. The quantitative estimate of drug-likeness (QED) is 0.596. The molecule has 7 heteroatoms. The molecule has 1 amide bonds. The van der Waals surface area contributed by atoms with Crippen LogP contribution in [-0.4, -0.2) is 5.91 Å². The lowest BCUT2D eigenvalue weighted by Crippen LogP contribution is -2.30. The summed E-state index contributed by atoms with van der Waals surface area (Å²) in [5, 5.41) is 12.2. The van der Waals surface area contributed by atoms with Gasteiger partial charge in [0.1, 0.15) is 17.7 Å². The van der Waals surface area contributed by atoms with Gasteiger partial charge in [-0.15, -0.1) is 0 Å². The predicted molar refractivity (Wildman–Crippen MR) is 103 cm³/mol. The first-order chi connectivity index (χ1) is 13.4. The fraction of sp³-hybridized carbons (Fsp3) is 0.0476. The van der Waals surface area contributed by atoms with Crippen molar-refractivity contribution in [1.82, 2.24) is 5.32 Å². The molecule has 1 N–H and O–H groups in total. The van der Waals surface area contributed by atoms with Crippen molar-refractivity contribution < 1.29 is 13.6 Å². The highest BCUT2D eigenvalue weighted by Gasteiger charge is 2.22. The molecular formula is C21H12Cl2F2N2O. The third-order valence-electron chi connectivity index (χ3n) is 4.10. The highest BCUT2D eigenvalue weighted by Crippen LogP contribution is 2.28. The summed E-state index contributed by atoms with van der Waals surface area (Å²) in [6.45, 7) is 0. The van der Waals surface area contributed by atoms with Gasteiger partial charge in [0, 0.05) is 21.2 Å². The van der Waals surface area contributed by atoms with Gasteiger partial charge < -0.3 is 5.32 Å². The lowest BCUT2D eigenvalue weighted by molar-refractivity contribution is 0.0942. The summed E-state index contributed by atoms with van der Waals surface area (Å²) in [5.41, 5.74) is 0.599. The van der Waals surface area contributed by atoms with Crippen LogP contribution in [-0.2, 0) is 0 Å². The molecule has 1 atom stereocenters. The first-order valence-corrected chi connectivity index (χ1v) is 8.85. The van der Waals surface area contributed by atoms with E-state index in [9.17, 15) is 13.6 Å². The fourth-order valence-electron chi connectivity index (χ4n) is 2.69. The molecule has 0 aliphatic heterocycles. The molecule has 0 aromatic heterocycles. The Balaban J connectivity index is 1.99. The van der Waals surface area contributed by atoms with Gasteiger partial charge in [-0.1, -0.05) is 41.4 Å². The van der Waals surface area contributed by atoms with Gasteiger partial charge in [-0.2, -0.15) is 5.26 Å². The summed E-state index contributed by atoms with van der Waals surface area (Å²) in [6.07, 6.45) is 0. The molecule has 28 heavy (non-hydrogen) atoms. The Bertz CT molecular complexity index is 1080. The number of halogens is 4. The van der Waals surface area contributed by atoms with Crippen molar-refractivity contribution >= 4 is 29.1 Å². The van der Waals surface area contributed by atoms with E-state index in [0.29, 0.717) is 10.6 Å². The normalized spacial score (nSPS) is 11.5. The Kier molecular flexibility index (Phi) is 5.93. The Labute approximate surface area is 170 Å². The van der Waals surface area contributed by atoms with E-state index in [1.807, 2.05) is 0 Å². The molecule has 0 heterocycles. The van der Waals surface area contributed by atoms with Crippen LogP contribution in [0.1, 0.15) is 33.1 Å². The van der Waals surface area contributed by atoms with E-state index in [-0.39, 0.29) is 21.7 Å². The summed E-state index contributed by atoms with van der Waals surface area (Å²) in [7, 11) is 0. The number of hydrogen-bond acceptors (Lipinski definition) is 2. The number of hydrogen-bond donors (Lipinski definition) is 1. The van der Waals surface area contributed by atoms with E-state index in [1.165, 1.54) is 24.3 Å². The maximum atomic E-state index is 14.5. The number of nitriles is 1. The van der Waals surface area contributed by atoms with Gasteiger partial charge in [-0.05, 0) is 48.0 Å². The molecule has 3 rings (SSSR count). The van der Waals surface area contributed by atoms with Crippen LogP contribution in [0.15, 0.2) is 60.7 Å². The second-order valence-corrected chi connectivity index (χ2v) is 6.80. The van der Waals surface area contributed by atoms with Gasteiger partial charge in [0.25, 0.3) is 5.91 Å². The van der Waals surface area contributed by atoms with Crippen LogP contribution in [0.4, 0.5) is 8.78 Å². The Morgan fingerprint density at radius 1 is 0.929 bits per heavy atom. The summed E-state index contributed by atoms with van der Waals surface area (Å²) >= 11 is 11.7. The molecule has 3 nitrogen and oxygen atoms in total. The third-order valence-corrected chi connectivity index (χ3v) is 4.59. The molecule has 140 valence electrons. The lowest BCUT2D eigenvalue weighted by Gasteiger charge is -2.21. The van der Waals surface area contributed by atoms with E-state index >= 15 is 0 Å². The van der Waals surface area contributed by atoms with Gasteiger partial charge in [0.2, 0.25) is 0 Å². The number of benzene rings is 3. The van der Waals surface area contributed by atoms with Crippen molar-refractivity contribution in [2.24, 2.45) is 0 Å². The Hall–Kier alpha value is -2.94. The van der Waals surface area contributed by atoms with Crippen molar-refractivity contribution in [3.8, 4) is 6.07 Å². The maximum absolute atomic E-state index is 14.5. The lowest BCUT2D eigenvalue weighted by atomic mass is 9.97. The molecule has 3 aromatic rings. The zero-order valence-corrected chi connectivity index (χ0v) is 15.7. The van der Waals surface area contributed by atoms with Crippen molar-refractivity contribution in [2.75, 3.05) is 0 Å². The number of nitrogens with zero attached hydrogens (tertiary/aromatic N) is 1. The molecule has 0 unspecified atom stereocenters. The van der Waals surface area contributed by atoms with E-state index in [4.69, 9.17) is 28.5 Å². The Morgan fingerprint density at radius 3 is 2.21 bits per heavy atom. The number of carbonyl (C=O) groups excluding carboxylic acids is 1.